The highest BCUT2D eigenvalue weighted by Crippen LogP contribution is 2.38. The van der Waals surface area contributed by atoms with Gasteiger partial charge in [0.05, 0.1) is 5.39 Å². The molecular weight excluding hydrogens is 423 g/mol. The molecule has 0 bridgehead atoms. The Morgan fingerprint density at radius 2 is 1.50 bits per heavy atom. The highest BCUT2D eigenvalue weighted by molar-refractivity contribution is 6.06. The van der Waals surface area contributed by atoms with E-state index in [1.165, 1.54) is 12.1 Å². The van der Waals surface area contributed by atoms with Crippen molar-refractivity contribution in [3.8, 4) is 5.75 Å². The van der Waals surface area contributed by atoms with Crippen LogP contribution in [0.4, 0.5) is 30.2 Å². The van der Waals surface area contributed by atoms with Crippen LogP contribution < -0.4 is 10.5 Å². The van der Waals surface area contributed by atoms with Gasteiger partial charge in [0, 0.05) is 23.1 Å². The van der Waals surface area contributed by atoms with E-state index in [0.717, 1.165) is 16.9 Å². The number of anilines is 3. The van der Waals surface area contributed by atoms with E-state index in [-0.39, 0.29) is 11.0 Å². The summed E-state index contributed by atoms with van der Waals surface area (Å²) in [6, 6.07) is 21.2. The molecule has 0 radical (unpaired) electrons. The first-order chi connectivity index (χ1) is 15.2. The molecule has 3 aromatic carbocycles. The molecule has 1 heterocycles. The number of benzene rings is 3. The molecular formula is C24H16F3NO4. The summed E-state index contributed by atoms with van der Waals surface area (Å²) in [5.41, 5.74) is 0.00910. The van der Waals surface area contributed by atoms with Crippen LogP contribution in [0, 0.1) is 6.92 Å². The molecule has 0 saturated heterocycles. The number of carbonyl (C=O) groups is 1. The number of aromatic hydroxyl groups is 1. The number of rotatable bonds is 4. The molecule has 8 heteroatoms. The Morgan fingerprint density at radius 3 is 2.12 bits per heavy atom. The Hall–Kier alpha value is -4.07. The number of carbonyl (C=O) groups excluding carboxylic acids is 1. The van der Waals surface area contributed by atoms with Crippen LogP contribution in [0.2, 0.25) is 0 Å². The summed E-state index contributed by atoms with van der Waals surface area (Å²) in [6.45, 7) is 1.95. The second-order valence-electron chi connectivity index (χ2n) is 7.13. The molecule has 32 heavy (non-hydrogen) atoms. The summed E-state index contributed by atoms with van der Waals surface area (Å²) >= 11 is 0. The number of para-hydroxylation sites is 1. The molecule has 1 N–H and O–H groups in total. The normalized spacial score (nSPS) is 11.5. The second kappa shape index (κ2) is 7.88. The van der Waals surface area contributed by atoms with Crippen LogP contribution in [0.15, 0.2) is 82.0 Å². The highest BCUT2D eigenvalue weighted by atomic mass is 19.4. The van der Waals surface area contributed by atoms with Gasteiger partial charge in [0.2, 0.25) is 0 Å². The lowest BCUT2D eigenvalue weighted by Crippen LogP contribution is -2.28. The molecule has 0 fully saturated rings. The zero-order valence-electron chi connectivity index (χ0n) is 16.7. The van der Waals surface area contributed by atoms with E-state index in [1.54, 1.807) is 6.07 Å². The molecule has 0 aliphatic carbocycles. The quantitative estimate of drug-likeness (QED) is 0.311. The lowest BCUT2D eigenvalue weighted by Gasteiger charge is -2.25. The molecule has 0 unspecified atom stereocenters. The molecule has 0 aliphatic heterocycles. The summed E-state index contributed by atoms with van der Waals surface area (Å²) in [5.74, 6) is -3.52. The number of hydrogen-bond donors (Lipinski definition) is 1. The van der Waals surface area contributed by atoms with Crippen LogP contribution in [0.5, 0.6) is 5.75 Å². The topological polar surface area (TPSA) is 70.8 Å². The number of fused-ring (bicyclic) bond motifs is 1. The van der Waals surface area contributed by atoms with Gasteiger partial charge in [0.25, 0.3) is 5.78 Å². The molecule has 0 aliphatic rings. The van der Waals surface area contributed by atoms with Crippen molar-refractivity contribution in [3.63, 3.8) is 0 Å². The SMILES string of the molecule is Cc1ccc(N(c2ccccc2)c2ccc3c(O)c(C(=O)C(F)(F)F)c(=O)oc3c2)cc1. The maximum Gasteiger partial charge on any atom is 0.455 e. The number of aryl methyl sites for hydroxylation is 1. The predicted molar refractivity (Wildman–Crippen MR) is 114 cm³/mol. The van der Waals surface area contributed by atoms with Gasteiger partial charge in [-0.3, -0.25) is 4.79 Å². The first kappa shape index (κ1) is 21.2. The molecule has 0 atom stereocenters. The maximum atomic E-state index is 12.8. The molecule has 0 saturated carbocycles. The van der Waals surface area contributed by atoms with Crippen LogP contribution in [-0.4, -0.2) is 17.1 Å². The third-order valence-corrected chi connectivity index (χ3v) is 4.91. The minimum atomic E-state index is -5.32. The van der Waals surface area contributed by atoms with Gasteiger partial charge in [0.1, 0.15) is 11.3 Å². The van der Waals surface area contributed by atoms with E-state index >= 15 is 0 Å². The Kier molecular flexibility index (Phi) is 5.22. The summed E-state index contributed by atoms with van der Waals surface area (Å²) < 4.78 is 43.5. The van der Waals surface area contributed by atoms with Crippen LogP contribution >= 0.6 is 0 Å². The van der Waals surface area contributed by atoms with Crippen LogP contribution in [0.1, 0.15) is 15.9 Å². The van der Waals surface area contributed by atoms with Crippen molar-refractivity contribution in [3.05, 3.63) is 94.3 Å². The lowest BCUT2D eigenvalue weighted by atomic mass is 10.1. The summed E-state index contributed by atoms with van der Waals surface area (Å²) in [7, 11) is 0. The van der Waals surface area contributed by atoms with E-state index in [4.69, 9.17) is 4.42 Å². The fraction of sp³-hybridized carbons (Fsp3) is 0.0833. The van der Waals surface area contributed by atoms with E-state index < -0.39 is 28.9 Å². The number of halogens is 3. The zero-order valence-corrected chi connectivity index (χ0v) is 16.7. The van der Waals surface area contributed by atoms with Crippen molar-refractivity contribution in [2.45, 2.75) is 13.1 Å². The molecule has 1 aromatic heterocycles. The van der Waals surface area contributed by atoms with Crippen LogP contribution in [0.3, 0.4) is 0 Å². The number of hydrogen-bond acceptors (Lipinski definition) is 5. The molecule has 162 valence electrons. The fourth-order valence-corrected chi connectivity index (χ4v) is 3.37. The van der Waals surface area contributed by atoms with Gasteiger partial charge in [-0.05, 0) is 43.3 Å². The second-order valence-corrected chi connectivity index (χ2v) is 7.13. The van der Waals surface area contributed by atoms with E-state index in [9.17, 15) is 27.9 Å². The lowest BCUT2D eigenvalue weighted by molar-refractivity contribution is -0.0888. The molecule has 0 amide bonds. The zero-order chi connectivity index (χ0) is 23.0. The van der Waals surface area contributed by atoms with Gasteiger partial charge >= 0.3 is 11.8 Å². The van der Waals surface area contributed by atoms with Gasteiger partial charge in [-0.15, -0.1) is 0 Å². The van der Waals surface area contributed by atoms with Crippen LogP contribution in [0.25, 0.3) is 11.0 Å². The predicted octanol–water partition coefficient (Wildman–Crippen LogP) is 6.02. The number of Topliss-reactive ketones (excluding diaryl/α,β-unsaturated/α-hetero) is 1. The van der Waals surface area contributed by atoms with Crippen molar-refractivity contribution < 1.29 is 27.5 Å². The van der Waals surface area contributed by atoms with Gasteiger partial charge < -0.3 is 14.4 Å². The first-order valence-electron chi connectivity index (χ1n) is 9.50. The van der Waals surface area contributed by atoms with Crippen molar-refractivity contribution in [2.24, 2.45) is 0 Å². The Morgan fingerprint density at radius 1 is 0.906 bits per heavy atom. The van der Waals surface area contributed by atoms with Crippen molar-refractivity contribution in [1.29, 1.82) is 0 Å². The van der Waals surface area contributed by atoms with Crippen molar-refractivity contribution >= 4 is 33.8 Å². The van der Waals surface area contributed by atoms with Gasteiger partial charge in [-0.1, -0.05) is 35.9 Å². The molecule has 0 spiro atoms. The number of nitrogens with zero attached hydrogens (tertiary/aromatic N) is 1. The standard InChI is InChI=1S/C24H16F3NO4/c1-14-7-9-16(10-8-14)28(15-5-3-2-4-6-15)17-11-12-18-19(13-17)32-23(31)20(21(18)29)22(30)24(25,26)27/h2-13,29H,1H3. The summed E-state index contributed by atoms with van der Waals surface area (Å²) in [4.78, 5) is 25.6. The number of ketones is 1. The summed E-state index contributed by atoms with van der Waals surface area (Å²) in [6.07, 6.45) is -5.32. The Bertz CT molecular complexity index is 1360. The van der Waals surface area contributed by atoms with E-state index in [1.807, 2.05) is 66.4 Å². The van der Waals surface area contributed by atoms with E-state index in [2.05, 4.69) is 0 Å². The maximum absolute atomic E-state index is 12.8. The van der Waals surface area contributed by atoms with E-state index in [0.29, 0.717) is 5.69 Å². The minimum Gasteiger partial charge on any atom is -0.506 e. The average molecular weight is 439 g/mol. The Balaban J connectivity index is 1.90. The first-order valence-corrected chi connectivity index (χ1v) is 9.50. The average Bonchev–Trinajstić information content (AvgIpc) is 2.75. The van der Waals surface area contributed by atoms with Crippen LogP contribution in [-0.2, 0) is 0 Å². The van der Waals surface area contributed by atoms with Gasteiger partial charge in [0.15, 0.2) is 5.56 Å². The third-order valence-electron chi connectivity index (χ3n) is 4.91. The van der Waals surface area contributed by atoms with Gasteiger partial charge in [-0.25, -0.2) is 4.79 Å². The number of alkyl halides is 3. The highest BCUT2D eigenvalue weighted by Gasteiger charge is 2.43. The Labute approximate surface area is 180 Å². The molecule has 4 rings (SSSR count). The fourth-order valence-electron chi connectivity index (χ4n) is 3.37. The molecule has 5 nitrogen and oxygen atoms in total. The van der Waals surface area contributed by atoms with Gasteiger partial charge in [-0.2, -0.15) is 13.2 Å². The monoisotopic (exact) mass is 439 g/mol. The third kappa shape index (κ3) is 3.82. The van der Waals surface area contributed by atoms with Crippen molar-refractivity contribution in [1.82, 2.24) is 0 Å². The largest absolute Gasteiger partial charge is 0.506 e. The summed E-state index contributed by atoms with van der Waals surface area (Å²) in [5, 5.41) is 10.1. The minimum absolute atomic E-state index is 0.156. The smallest absolute Gasteiger partial charge is 0.455 e. The van der Waals surface area contributed by atoms with Crippen molar-refractivity contribution in [2.75, 3.05) is 4.90 Å². The molecule has 4 aromatic rings.